The third kappa shape index (κ3) is 4.78. The van der Waals surface area contributed by atoms with Crippen molar-refractivity contribution in [3.63, 3.8) is 0 Å². The summed E-state index contributed by atoms with van der Waals surface area (Å²) in [4.78, 5) is 0. The van der Waals surface area contributed by atoms with Gasteiger partial charge in [-0.3, -0.25) is 5.10 Å². The molecule has 1 aliphatic rings. The molecule has 5 nitrogen and oxygen atoms in total. The second kappa shape index (κ2) is 8.43. The number of H-pyrrole nitrogens is 1. The highest BCUT2D eigenvalue weighted by Crippen LogP contribution is 2.31. The zero-order valence-electron chi connectivity index (χ0n) is 14.9. The fourth-order valence-electron chi connectivity index (χ4n) is 3.08. The Morgan fingerprint density at radius 2 is 2.00 bits per heavy atom. The van der Waals surface area contributed by atoms with Gasteiger partial charge in [0, 0.05) is 5.92 Å². The van der Waals surface area contributed by atoms with E-state index in [1.807, 2.05) is 30.5 Å². The predicted octanol–water partition coefficient (Wildman–Crippen LogP) is 4.91. The summed E-state index contributed by atoms with van der Waals surface area (Å²) in [5.74, 6) is 2.81. The molecule has 2 aromatic rings. The fourth-order valence-corrected chi connectivity index (χ4v) is 3.26. The van der Waals surface area contributed by atoms with E-state index in [9.17, 15) is 0 Å². The van der Waals surface area contributed by atoms with Gasteiger partial charge < -0.3 is 4.74 Å². The summed E-state index contributed by atoms with van der Waals surface area (Å²) in [7, 11) is 0. The van der Waals surface area contributed by atoms with Crippen LogP contribution < -0.4 is 4.74 Å². The molecule has 1 heterocycles. The number of aromatic amines is 1. The number of rotatable bonds is 6. The van der Waals surface area contributed by atoms with Gasteiger partial charge in [0.05, 0.1) is 12.8 Å². The van der Waals surface area contributed by atoms with E-state index in [4.69, 9.17) is 17.0 Å². The second-order valence-electron chi connectivity index (χ2n) is 7.05. The lowest BCUT2D eigenvalue weighted by Crippen LogP contribution is -2.10. The number of aromatic nitrogens is 3. The minimum absolute atomic E-state index is 0.450. The molecule has 0 atom stereocenters. The molecule has 0 aliphatic heterocycles. The van der Waals surface area contributed by atoms with E-state index >= 15 is 0 Å². The van der Waals surface area contributed by atoms with Crippen LogP contribution in [0.5, 0.6) is 5.75 Å². The molecule has 0 amide bonds. The molecular weight excluding hydrogens is 332 g/mol. The van der Waals surface area contributed by atoms with E-state index in [-0.39, 0.29) is 0 Å². The third-order valence-corrected chi connectivity index (χ3v) is 4.70. The third-order valence-electron chi connectivity index (χ3n) is 4.43. The topological polar surface area (TPSA) is 55.2 Å². The van der Waals surface area contributed by atoms with E-state index in [0.29, 0.717) is 16.6 Å². The Morgan fingerprint density at radius 3 is 2.68 bits per heavy atom. The first-order chi connectivity index (χ1) is 12.1. The Hall–Kier alpha value is -1.95. The standard InChI is InChI=1S/C19H26N4OS/c1-14(2)13-24-17-10-8-15(9-11-17)12-20-23-18(21-22-19(23)25)16-6-4-3-5-7-16/h8-12,14,16H,3-7,13H2,1-2H3,(H,22,25)/b20-12-. The van der Waals surface area contributed by atoms with E-state index in [2.05, 4.69) is 29.1 Å². The van der Waals surface area contributed by atoms with E-state index in [1.54, 1.807) is 4.68 Å². The first-order valence-corrected chi connectivity index (χ1v) is 9.49. The van der Waals surface area contributed by atoms with Crippen molar-refractivity contribution >= 4 is 18.4 Å². The quantitative estimate of drug-likeness (QED) is 0.590. The van der Waals surface area contributed by atoms with Gasteiger partial charge >= 0.3 is 0 Å². The van der Waals surface area contributed by atoms with Gasteiger partial charge in [0.15, 0.2) is 5.82 Å². The zero-order chi connectivity index (χ0) is 17.6. The lowest BCUT2D eigenvalue weighted by atomic mass is 9.89. The first kappa shape index (κ1) is 17.9. The van der Waals surface area contributed by atoms with Gasteiger partial charge in [-0.25, -0.2) is 0 Å². The minimum Gasteiger partial charge on any atom is -0.493 e. The lowest BCUT2D eigenvalue weighted by Gasteiger charge is -2.19. The van der Waals surface area contributed by atoms with Crippen molar-refractivity contribution in [3.8, 4) is 5.75 Å². The molecule has 134 valence electrons. The molecule has 25 heavy (non-hydrogen) atoms. The molecule has 0 spiro atoms. The highest BCUT2D eigenvalue weighted by molar-refractivity contribution is 7.71. The molecule has 0 saturated heterocycles. The average Bonchev–Trinajstić information content (AvgIpc) is 3.00. The lowest BCUT2D eigenvalue weighted by molar-refractivity contribution is 0.271. The number of nitrogens with one attached hydrogen (secondary N) is 1. The van der Waals surface area contributed by atoms with Crippen molar-refractivity contribution < 1.29 is 4.74 Å². The van der Waals surface area contributed by atoms with Crippen LogP contribution in [0.25, 0.3) is 0 Å². The molecule has 0 unspecified atom stereocenters. The molecule has 6 heteroatoms. The summed E-state index contributed by atoms with van der Waals surface area (Å²) >= 11 is 5.35. The molecule has 0 radical (unpaired) electrons. The number of hydrogen-bond donors (Lipinski definition) is 1. The maximum atomic E-state index is 5.71. The van der Waals surface area contributed by atoms with Crippen molar-refractivity contribution in [1.29, 1.82) is 0 Å². The Morgan fingerprint density at radius 1 is 1.28 bits per heavy atom. The molecule has 1 N–H and O–H groups in total. The van der Waals surface area contributed by atoms with Gasteiger partial charge in [-0.2, -0.15) is 14.9 Å². The van der Waals surface area contributed by atoms with Crippen LogP contribution in [0, 0.1) is 10.7 Å². The molecular formula is C19H26N4OS. The van der Waals surface area contributed by atoms with Gasteiger partial charge in [-0.05, 0) is 60.8 Å². The maximum Gasteiger partial charge on any atom is 0.216 e. The molecule has 3 rings (SSSR count). The Labute approximate surface area is 154 Å². The van der Waals surface area contributed by atoms with Crippen molar-refractivity contribution in [2.24, 2.45) is 11.0 Å². The monoisotopic (exact) mass is 358 g/mol. The van der Waals surface area contributed by atoms with Crippen LogP contribution in [-0.2, 0) is 0 Å². The summed E-state index contributed by atoms with van der Waals surface area (Å²) < 4.78 is 8.03. The largest absolute Gasteiger partial charge is 0.493 e. The van der Waals surface area contributed by atoms with E-state index in [0.717, 1.165) is 36.6 Å². The molecule has 1 saturated carbocycles. The normalized spacial score (nSPS) is 16.0. The number of hydrogen-bond acceptors (Lipinski definition) is 4. The van der Waals surface area contributed by atoms with E-state index in [1.165, 1.54) is 19.3 Å². The van der Waals surface area contributed by atoms with Gasteiger partial charge in [-0.1, -0.05) is 33.1 Å². The number of nitrogens with zero attached hydrogens (tertiary/aromatic N) is 3. The van der Waals surface area contributed by atoms with Crippen molar-refractivity contribution in [2.45, 2.75) is 51.9 Å². The van der Waals surface area contributed by atoms with Crippen LogP contribution in [-0.4, -0.2) is 27.7 Å². The minimum atomic E-state index is 0.450. The van der Waals surface area contributed by atoms with Crippen LogP contribution in [0.1, 0.15) is 63.3 Å². The summed E-state index contributed by atoms with van der Waals surface area (Å²) in [6, 6.07) is 7.95. The molecule has 1 fully saturated rings. The summed E-state index contributed by atoms with van der Waals surface area (Å²) in [5.41, 5.74) is 1.01. The van der Waals surface area contributed by atoms with Crippen LogP contribution in [0.3, 0.4) is 0 Å². The molecule has 1 aromatic carbocycles. The Kier molecular flexibility index (Phi) is 6.02. The maximum absolute atomic E-state index is 5.71. The fraction of sp³-hybridized carbons (Fsp3) is 0.526. The van der Waals surface area contributed by atoms with Crippen LogP contribution in [0.15, 0.2) is 29.4 Å². The first-order valence-electron chi connectivity index (χ1n) is 9.08. The van der Waals surface area contributed by atoms with Gasteiger partial charge in [0.2, 0.25) is 4.77 Å². The molecule has 0 bridgehead atoms. The highest BCUT2D eigenvalue weighted by Gasteiger charge is 2.21. The second-order valence-corrected chi connectivity index (χ2v) is 7.44. The Balaban J connectivity index is 1.71. The molecule has 1 aromatic heterocycles. The SMILES string of the molecule is CC(C)COc1ccc(/C=N\n2c(C3CCCCC3)n[nH]c2=S)cc1. The Bertz CT molecular complexity index is 754. The summed E-state index contributed by atoms with van der Waals surface area (Å²) in [5, 5.41) is 11.9. The van der Waals surface area contributed by atoms with Crippen molar-refractivity contribution in [2.75, 3.05) is 6.61 Å². The highest BCUT2D eigenvalue weighted by atomic mass is 32.1. The van der Waals surface area contributed by atoms with Crippen LogP contribution in [0.4, 0.5) is 0 Å². The summed E-state index contributed by atoms with van der Waals surface area (Å²) in [6.07, 6.45) is 7.98. The predicted molar refractivity (Wildman–Crippen MR) is 103 cm³/mol. The average molecular weight is 359 g/mol. The van der Waals surface area contributed by atoms with E-state index < -0.39 is 0 Å². The number of benzene rings is 1. The van der Waals surface area contributed by atoms with Gasteiger partial charge in [-0.15, -0.1) is 0 Å². The van der Waals surface area contributed by atoms with Crippen LogP contribution in [0.2, 0.25) is 0 Å². The van der Waals surface area contributed by atoms with Crippen molar-refractivity contribution in [1.82, 2.24) is 14.9 Å². The van der Waals surface area contributed by atoms with Crippen molar-refractivity contribution in [3.05, 3.63) is 40.4 Å². The summed E-state index contributed by atoms with van der Waals surface area (Å²) in [6.45, 7) is 5.00. The van der Waals surface area contributed by atoms with Gasteiger partial charge in [0.1, 0.15) is 5.75 Å². The smallest absolute Gasteiger partial charge is 0.216 e. The molecule has 1 aliphatic carbocycles. The zero-order valence-corrected chi connectivity index (χ0v) is 15.8. The van der Waals surface area contributed by atoms with Gasteiger partial charge in [0.25, 0.3) is 0 Å². The van der Waals surface area contributed by atoms with Crippen LogP contribution >= 0.6 is 12.2 Å². The number of ether oxygens (including phenoxy) is 1.